The van der Waals surface area contributed by atoms with E-state index in [9.17, 15) is 5.11 Å². The average Bonchev–Trinajstić information content (AvgIpc) is 3.33. The number of hydrogen-bond acceptors (Lipinski definition) is 7. The highest BCUT2D eigenvalue weighted by molar-refractivity contribution is 7.19. The lowest BCUT2D eigenvalue weighted by molar-refractivity contribution is 0.0652. The zero-order chi connectivity index (χ0) is 18.4. The number of hydrogen-bond donors (Lipinski definition) is 2. The molecule has 5 rings (SSSR count). The van der Waals surface area contributed by atoms with Crippen molar-refractivity contribution in [1.29, 1.82) is 0 Å². The highest BCUT2D eigenvalue weighted by Gasteiger charge is 2.26. The Kier molecular flexibility index (Phi) is 4.24. The van der Waals surface area contributed by atoms with Gasteiger partial charge in [-0.1, -0.05) is 0 Å². The van der Waals surface area contributed by atoms with Crippen molar-refractivity contribution in [3.05, 3.63) is 22.8 Å². The fourth-order valence-electron chi connectivity index (χ4n) is 4.04. The smallest absolute Gasteiger partial charge is 0.232 e. The molecule has 0 amide bonds. The van der Waals surface area contributed by atoms with Gasteiger partial charge in [-0.05, 0) is 50.5 Å². The first-order chi connectivity index (χ1) is 13.2. The summed E-state index contributed by atoms with van der Waals surface area (Å²) in [6.45, 7) is 0. The predicted molar refractivity (Wildman–Crippen MR) is 105 cm³/mol. The Balaban J connectivity index is 1.51. The molecule has 0 bridgehead atoms. The van der Waals surface area contributed by atoms with E-state index in [1.807, 2.05) is 13.2 Å². The van der Waals surface area contributed by atoms with Gasteiger partial charge in [0, 0.05) is 18.1 Å². The van der Waals surface area contributed by atoms with Crippen molar-refractivity contribution in [2.24, 2.45) is 7.05 Å². The van der Waals surface area contributed by atoms with E-state index in [1.165, 1.54) is 16.9 Å². The molecule has 0 spiro atoms. The van der Waals surface area contributed by atoms with Crippen LogP contribution in [0.25, 0.3) is 10.2 Å². The second kappa shape index (κ2) is 6.76. The van der Waals surface area contributed by atoms with Crippen molar-refractivity contribution in [1.82, 2.24) is 19.7 Å². The number of nitrogens with zero attached hydrogens (tertiary/aromatic N) is 4. The van der Waals surface area contributed by atoms with E-state index in [0.717, 1.165) is 54.4 Å². The van der Waals surface area contributed by atoms with Gasteiger partial charge in [-0.2, -0.15) is 10.1 Å². The predicted octanol–water partition coefficient (Wildman–Crippen LogP) is 3.34. The molecule has 7 nitrogen and oxygen atoms in total. The van der Waals surface area contributed by atoms with Crippen molar-refractivity contribution in [3.8, 4) is 5.88 Å². The second-order valence-corrected chi connectivity index (χ2v) is 8.55. The number of rotatable bonds is 4. The first-order valence-corrected chi connectivity index (χ1v) is 10.4. The monoisotopic (exact) mass is 385 g/mol. The molecule has 27 heavy (non-hydrogen) atoms. The van der Waals surface area contributed by atoms with Crippen molar-refractivity contribution >= 4 is 33.2 Å². The van der Waals surface area contributed by atoms with E-state index in [2.05, 4.69) is 10.4 Å². The van der Waals surface area contributed by atoms with E-state index in [-0.39, 0.29) is 12.2 Å². The molecule has 1 saturated carbocycles. The molecule has 0 radical (unpaired) electrons. The first kappa shape index (κ1) is 16.9. The van der Waals surface area contributed by atoms with Crippen molar-refractivity contribution in [2.45, 2.75) is 57.2 Å². The normalized spacial score (nSPS) is 22.1. The third-order valence-electron chi connectivity index (χ3n) is 5.41. The Bertz CT molecular complexity index is 974. The van der Waals surface area contributed by atoms with Crippen LogP contribution < -0.4 is 10.1 Å². The molecule has 0 atom stereocenters. The lowest BCUT2D eigenvalue weighted by atomic mass is 9.95. The van der Waals surface area contributed by atoms with Crippen LogP contribution in [0, 0.1) is 0 Å². The lowest BCUT2D eigenvalue weighted by Gasteiger charge is -2.26. The molecule has 0 aliphatic heterocycles. The number of ether oxygens (including phenoxy) is 1. The van der Waals surface area contributed by atoms with E-state index >= 15 is 0 Å². The molecule has 2 aliphatic rings. The van der Waals surface area contributed by atoms with Crippen LogP contribution in [-0.2, 0) is 19.9 Å². The van der Waals surface area contributed by atoms with Gasteiger partial charge in [-0.15, -0.1) is 11.3 Å². The number of nitrogens with one attached hydrogen (secondary N) is 1. The summed E-state index contributed by atoms with van der Waals surface area (Å²) in [4.78, 5) is 11.9. The molecule has 0 unspecified atom stereocenters. The molecule has 0 aromatic carbocycles. The summed E-state index contributed by atoms with van der Waals surface area (Å²) >= 11 is 1.76. The summed E-state index contributed by atoms with van der Waals surface area (Å²) < 4.78 is 8.11. The Labute approximate surface area is 161 Å². The standard InChI is InChI=1S/C19H23N5O2S/c1-24-10-11(9-20-24)21-19-22-17(26-13-7-5-12(25)6-8-13)16-14-3-2-4-15(14)27-18(16)23-19/h9-10,12-13,25H,2-8H2,1H3,(H,21,22,23)/t12-,13-. The lowest BCUT2D eigenvalue weighted by Crippen LogP contribution is -2.27. The zero-order valence-electron chi connectivity index (χ0n) is 15.3. The Morgan fingerprint density at radius 2 is 2.07 bits per heavy atom. The summed E-state index contributed by atoms with van der Waals surface area (Å²) in [5, 5.41) is 18.3. The molecule has 3 aromatic rings. The molecule has 0 saturated heterocycles. The van der Waals surface area contributed by atoms with Gasteiger partial charge < -0.3 is 15.2 Å². The molecule has 1 fully saturated rings. The maximum absolute atomic E-state index is 9.77. The number of aromatic nitrogens is 4. The van der Waals surface area contributed by atoms with E-state index in [0.29, 0.717) is 11.8 Å². The van der Waals surface area contributed by atoms with Gasteiger partial charge >= 0.3 is 0 Å². The Morgan fingerprint density at radius 1 is 1.22 bits per heavy atom. The van der Waals surface area contributed by atoms with Gasteiger partial charge in [0.1, 0.15) is 10.9 Å². The number of thiophene rings is 1. The molecule has 2 aliphatic carbocycles. The SMILES string of the molecule is Cn1cc(Nc2nc(O[C@H]3CC[C@H](O)CC3)c3c4c(sc3n2)CCC4)cn1. The summed E-state index contributed by atoms with van der Waals surface area (Å²) in [6, 6.07) is 0. The summed E-state index contributed by atoms with van der Waals surface area (Å²) in [6.07, 6.45) is 10.3. The van der Waals surface area contributed by atoms with Crippen LogP contribution in [0.1, 0.15) is 42.5 Å². The highest BCUT2D eigenvalue weighted by Crippen LogP contribution is 2.41. The van der Waals surface area contributed by atoms with Crippen molar-refractivity contribution < 1.29 is 9.84 Å². The van der Waals surface area contributed by atoms with Gasteiger partial charge in [0.25, 0.3) is 0 Å². The van der Waals surface area contributed by atoms with Gasteiger partial charge in [0.2, 0.25) is 11.8 Å². The van der Waals surface area contributed by atoms with Crippen LogP contribution in [-0.4, -0.2) is 37.1 Å². The van der Waals surface area contributed by atoms with Crippen molar-refractivity contribution in [2.75, 3.05) is 5.32 Å². The second-order valence-electron chi connectivity index (χ2n) is 7.47. The summed E-state index contributed by atoms with van der Waals surface area (Å²) in [7, 11) is 1.88. The van der Waals surface area contributed by atoms with Gasteiger partial charge in [0.05, 0.1) is 23.4 Å². The highest BCUT2D eigenvalue weighted by atomic mass is 32.1. The van der Waals surface area contributed by atoms with Crippen LogP contribution in [0.15, 0.2) is 12.4 Å². The molecule has 3 heterocycles. The molecule has 2 N–H and O–H groups in total. The van der Waals surface area contributed by atoms with Gasteiger partial charge in [-0.3, -0.25) is 4.68 Å². The first-order valence-electron chi connectivity index (χ1n) is 9.58. The third-order valence-corrected chi connectivity index (χ3v) is 6.60. The maximum Gasteiger partial charge on any atom is 0.232 e. The number of aryl methyl sites for hydroxylation is 3. The van der Waals surface area contributed by atoms with Crippen molar-refractivity contribution in [3.63, 3.8) is 0 Å². The Hall–Kier alpha value is -2.19. The topological polar surface area (TPSA) is 85.1 Å². The van der Waals surface area contributed by atoms with Crippen LogP contribution in [0.3, 0.4) is 0 Å². The fourth-order valence-corrected chi connectivity index (χ4v) is 5.29. The third kappa shape index (κ3) is 3.27. The fraction of sp³-hybridized carbons (Fsp3) is 0.526. The maximum atomic E-state index is 9.77. The number of aliphatic hydroxyl groups is 1. The minimum absolute atomic E-state index is 0.106. The largest absolute Gasteiger partial charge is 0.474 e. The van der Waals surface area contributed by atoms with Crippen LogP contribution in [0.4, 0.5) is 11.6 Å². The number of fused-ring (bicyclic) bond motifs is 3. The zero-order valence-corrected chi connectivity index (χ0v) is 16.1. The van der Waals surface area contributed by atoms with Gasteiger partial charge in [0.15, 0.2) is 0 Å². The quantitative estimate of drug-likeness (QED) is 0.716. The molecular weight excluding hydrogens is 362 g/mol. The van der Waals surface area contributed by atoms with Gasteiger partial charge in [-0.25, -0.2) is 4.98 Å². The summed E-state index contributed by atoms with van der Waals surface area (Å²) in [5.41, 5.74) is 2.22. The summed E-state index contributed by atoms with van der Waals surface area (Å²) in [5.74, 6) is 1.23. The van der Waals surface area contributed by atoms with Crippen LogP contribution in [0.2, 0.25) is 0 Å². The number of aliphatic hydroxyl groups excluding tert-OH is 1. The molecule has 8 heteroatoms. The molecule has 3 aromatic heterocycles. The minimum atomic E-state index is -0.191. The Morgan fingerprint density at radius 3 is 2.85 bits per heavy atom. The van der Waals surface area contributed by atoms with E-state index < -0.39 is 0 Å². The van der Waals surface area contributed by atoms with E-state index in [1.54, 1.807) is 22.2 Å². The van der Waals surface area contributed by atoms with Crippen LogP contribution >= 0.6 is 11.3 Å². The minimum Gasteiger partial charge on any atom is -0.474 e. The van der Waals surface area contributed by atoms with E-state index in [4.69, 9.17) is 14.7 Å². The molecular formula is C19H23N5O2S. The molecule has 142 valence electrons. The average molecular weight is 385 g/mol. The number of anilines is 2. The van der Waals surface area contributed by atoms with Crippen LogP contribution in [0.5, 0.6) is 5.88 Å².